The number of anilines is 1. The minimum absolute atomic E-state index is 0.287. The van der Waals surface area contributed by atoms with Crippen molar-refractivity contribution in [2.24, 2.45) is 0 Å². The minimum Gasteiger partial charge on any atom is -0.296 e. The maximum atomic E-state index is 12.2. The van der Waals surface area contributed by atoms with Gasteiger partial charge in [-0.1, -0.05) is 34.5 Å². The molecule has 8 heteroatoms. The molecule has 2 aromatic heterocycles. The zero-order chi connectivity index (χ0) is 15.5. The quantitative estimate of drug-likeness (QED) is 0.769. The second kappa shape index (κ2) is 6.39. The molecule has 1 N–H and O–H groups in total. The van der Waals surface area contributed by atoms with Crippen LogP contribution in [0.25, 0.3) is 10.6 Å². The SMILES string of the molecule is O=C(Nc1nnc(-c2ccncc2)s1)c1cc(Cl)ccc1Cl. The molecule has 3 aromatic rings. The average molecular weight is 351 g/mol. The summed E-state index contributed by atoms with van der Waals surface area (Å²) in [5.41, 5.74) is 1.17. The van der Waals surface area contributed by atoms with Gasteiger partial charge in [0.1, 0.15) is 5.01 Å². The van der Waals surface area contributed by atoms with Crippen molar-refractivity contribution < 1.29 is 4.79 Å². The Bertz CT molecular complexity index is 823. The molecule has 22 heavy (non-hydrogen) atoms. The number of benzene rings is 1. The van der Waals surface area contributed by atoms with E-state index in [4.69, 9.17) is 23.2 Å². The van der Waals surface area contributed by atoms with E-state index in [1.165, 1.54) is 17.4 Å². The third-order valence-corrected chi connectivity index (χ3v) is 4.20. The number of nitrogens with zero attached hydrogens (tertiary/aromatic N) is 3. The number of rotatable bonds is 3. The van der Waals surface area contributed by atoms with Crippen molar-refractivity contribution in [2.45, 2.75) is 0 Å². The maximum Gasteiger partial charge on any atom is 0.259 e. The van der Waals surface area contributed by atoms with Gasteiger partial charge >= 0.3 is 0 Å². The van der Waals surface area contributed by atoms with Gasteiger partial charge in [0.25, 0.3) is 5.91 Å². The monoisotopic (exact) mass is 350 g/mol. The Morgan fingerprint density at radius 1 is 1.09 bits per heavy atom. The summed E-state index contributed by atoms with van der Waals surface area (Å²) in [5.74, 6) is -0.384. The minimum atomic E-state index is -0.384. The Morgan fingerprint density at radius 3 is 2.64 bits per heavy atom. The lowest BCUT2D eigenvalue weighted by molar-refractivity contribution is 0.102. The third-order valence-electron chi connectivity index (χ3n) is 2.75. The Labute approximate surface area is 139 Å². The van der Waals surface area contributed by atoms with E-state index in [0.29, 0.717) is 20.2 Å². The standard InChI is InChI=1S/C14H8Cl2N4OS/c15-9-1-2-11(16)10(7-9)12(21)18-14-20-19-13(22-14)8-3-5-17-6-4-8/h1-7H,(H,18,20,21). The summed E-state index contributed by atoms with van der Waals surface area (Å²) < 4.78 is 0. The van der Waals surface area contributed by atoms with E-state index in [1.807, 2.05) is 12.1 Å². The van der Waals surface area contributed by atoms with E-state index in [9.17, 15) is 4.79 Å². The summed E-state index contributed by atoms with van der Waals surface area (Å²) in [7, 11) is 0. The largest absolute Gasteiger partial charge is 0.296 e. The van der Waals surface area contributed by atoms with E-state index in [2.05, 4.69) is 20.5 Å². The molecule has 0 aliphatic rings. The van der Waals surface area contributed by atoms with Gasteiger partial charge in [0.2, 0.25) is 5.13 Å². The highest BCUT2D eigenvalue weighted by molar-refractivity contribution is 7.18. The topological polar surface area (TPSA) is 67.8 Å². The Morgan fingerprint density at radius 2 is 1.86 bits per heavy atom. The molecule has 2 heterocycles. The van der Waals surface area contributed by atoms with Crippen LogP contribution in [0.3, 0.4) is 0 Å². The van der Waals surface area contributed by atoms with Gasteiger partial charge in [0.15, 0.2) is 0 Å². The van der Waals surface area contributed by atoms with Crippen LogP contribution in [0.2, 0.25) is 10.0 Å². The predicted molar refractivity (Wildman–Crippen MR) is 87.6 cm³/mol. The lowest BCUT2D eigenvalue weighted by Crippen LogP contribution is -2.12. The van der Waals surface area contributed by atoms with Crippen LogP contribution in [0, 0.1) is 0 Å². The van der Waals surface area contributed by atoms with E-state index >= 15 is 0 Å². The highest BCUT2D eigenvalue weighted by Gasteiger charge is 2.14. The zero-order valence-electron chi connectivity index (χ0n) is 11.0. The van der Waals surface area contributed by atoms with Crippen LogP contribution in [0.4, 0.5) is 5.13 Å². The van der Waals surface area contributed by atoms with E-state index < -0.39 is 0 Å². The van der Waals surface area contributed by atoms with Crippen molar-refractivity contribution in [3.05, 3.63) is 58.3 Å². The molecule has 1 amide bonds. The molecule has 1 aromatic carbocycles. The van der Waals surface area contributed by atoms with Crippen LogP contribution in [-0.4, -0.2) is 21.1 Å². The first-order valence-corrected chi connectivity index (χ1v) is 7.71. The molecule has 0 unspecified atom stereocenters. The van der Waals surface area contributed by atoms with E-state index in [-0.39, 0.29) is 11.5 Å². The molecular weight excluding hydrogens is 343 g/mol. The summed E-state index contributed by atoms with van der Waals surface area (Å²) in [6.07, 6.45) is 3.33. The Hall–Kier alpha value is -2.02. The number of pyridine rings is 1. The lowest BCUT2D eigenvalue weighted by Gasteiger charge is -2.03. The van der Waals surface area contributed by atoms with Crippen molar-refractivity contribution >= 4 is 45.6 Å². The molecule has 0 aliphatic heterocycles. The maximum absolute atomic E-state index is 12.2. The molecule has 5 nitrogen and oxygen atoms in total. The molecule has 0 atom stereocenters. The lowest BCUT2D eigenvalue weighted by atomic mass is 10.2. The van der Waals surface area contributed by atoms with Crippen molar-refractivity contribution in [2.75, 3.05) is 5.32 Å². The van der Waals surface area contributed by atoms with Gasteiger partial charge in [-0.3, -0.25) is 15.1 Å². The number of hydrogen-bond donors (Lipinski definition) is 1. The Balaban J connectivity index is 1.81. The van der Waals surface area contributed by atoms with Crippen molar-refractivity contribution in [3.63, 3.8) is 0 Å². The summed E-state index contributed by atoms with van der Waals surface area (Å²) in [6.45, 7) is 0. The van der Waals surface area contributed by atoms with Gasteiger partial charge in [-0.05, 0) is 30.3 Å². The van der Waals surface area contributed by atoms with Gasteiger partial charge in [0, 0.05) is 23.0 Å². The van der Waals surface area contributed by atoms with Gasteiger partial charge in [-0.2, -0.15) is 0 Å². The summed E-state index contributed by atoms with van der Waals surface area (Å²) in [4.78, 5) is 16.2. The highest BCUT2D eigenvalue weighted by atomic mass is 35.5. The smallest absolute Gasteiger partial charge is 0.259 e. The van der Waals surface area contributed by atoms with Gasteiger partial charge < -0.3 is 0 Å². The molecule has 0 saturated heterocycles. The van der Waals surface area contributed by atoms with Crippen LogP contribution < -0.4 is 5.32 Å². The highest BCUT2D eigenvalue weighted by Crippen LogP contribution is 2.27. The first-order valence-electron chi connectivity index (χ1n) is 6.14. The van der Waals surface area contributed by atoms with Crippen molar-refractivity contribution in [3.8, 4) is 10.6 Å². The molecule has 0 saturated carbocycles. The third kappa shape index (κ3) is 3.24. The number of hydrogen-bond acceptors (Lipinski definition) is 5. The van der Waals surface area contributed by atoms with E-state index in [1.54, 1.807) is 24.5 Å². The van der Waals surface area contributed by atoms with Gasteiger partial charge in [0.05, 0.1) is 10.6 Å². The fraction of sp³-hybridized carbons (Fsp3) is 0. The molecule has 0 fully saturated rings. The first-order chi connectivity index (χ1) is 10.6. The van der Waals surface area contributed by atoms with Crippen LogP contribution in [-0.2, 0) is 0 Å². The molecule has 0 bridgehead atoms. The number of nitrogens with one attached hydrogen (secondary N) is 1. The normalized spacial score (nSPS) is 10.5. The van der Waals surface area contributed by atoms with Crippen LogP contribution in [0.1, 0.15) is 10.4 Å². The van der Waals surface area contributed by atoms with Crippen LogP contribution in [0.15, 0.2) is 42.7 Å². The van der Waals surface area contributed by atoms with Gasteiger partial charge in [-0.15, -0.1) is 10.2 Å². The van der Waals surface area contributed by atoms with Crippen LogP contribution >= 0.6 is 34.5 Å². The van der Waals surface area contributed by atoms with Crippen molar-refractivity contribution in [1.82, 2.24) is 15.2 Å². The molecule has 0 aliphatic carbocycles. The number of amides is 1. The van der Waals surface area contributed by atoms with E-state index in [0.717, 1.165) is 5.56 Å². The number of carbonyl (C=O) groups excluding carboxylic acids is 1. The second-order valence-electron chi connectivity index (χ2n) is 4.23. The first kappa shape index (κ1) is 14.9. The average Bonchev–Trinajstić information content (AvgIpc) is 2.99. The predicted octanol–water partition coefficient (Wildman–Crippen LogP) is 4.16. The molecule has 0 radical (unpaired) electrons. The van der Waals surface area contributed by atoms with Crippen LogP contribution in [0.5, 0.6) is 0 Å². The van der Waals surface area contributed by atoms with Crippen molar-refractivity contribution in [1.29, 1.82) is 0 Å². The van der Waals surface area contributed by atoms with Gasteiger partial charge in [-0.25, -0.2) is 0 Å². The number of carbonyl (C=O) groups is 1. The number of aromatic nitrogens is 3. The zero-order valence-corrected chi connectivity index (χ0v) is 13.3. The molecule has 0 spiro atoms. The summed E-state index contributed by atoms with van der Waals surface area (Å²) in [5, 5.41) is 12.5. The molecule has 110 valence electrons. The fourth-order valence-corrected chi connectivity index (χ4v) is 2.84. The second-order valence-corrected chi connectivity index (χ2v) is 6.05. The molecule has 3 rings (SSSR count). The molecular formula is C14H8Cl2N4OS. The number of halogens is 2. The summed E-state index contributed by atoms with van der Waals surface area (Å²) in [6, 6.07) is 8.33. The Kier molecular flexibility index (Phi) is 4.33. The fourth-order valence-electron chi connectivity index (χ4n) is 1.72. The summed E-state index contributed by atoms with van der Waals surface area (Å²) >= 11 is 13.1.